The van der Waals surface area contributed by atoms with Gasteiger partial charge in [0.15, 0.2) is 5.17 Å². The third-order valence-corrected chi connectivity index (χ3v) is 6.76. The molecule has 6 nitrogen and oxygen atoms in total. The lowest BCUT2D eigenvalue weighted by atomic mass is 10.1. The zero-order chi connectivity index (χ0) is 23.5. The Labute approximate surface area is 202 Å². The first-order valence-corrected chi connectivity index (χ1v) is 12.3. The Balaban J connectivity index is 1.36. The number of rotatable bonds is 6. The summed E-state index contributed by atoms with van der Waals surface area (Å²) in [6.07, 6.45) is 1.35. The van der Waals surface area contributed by atoms with Gasteiger partial charge in [0.2, 0.25) is 5.91 Å². The Bertz CT molecular complexity index is 1300. The Morgan fingerprint density at radius 3 is 2.56 bits per heavy atom. The van der Waals surface area contributed by atoms with Crippen LogP contribution in [0.1, 0.15) is 23.6 Å². The van der Waals surface area contributed by atoms with E-state index in [4.69, 9.17) is 9.98 Å². The molecule has 0 saturated heterocycles. The van der Waals surface area contributed by atoms with E-state index >= 15 is 0 Å². The summed E-state index contributed by atoms with van der Waals surface area (Å²) in [5.41, 5.74) is 4.53. The van der Waals surface area contributed by atoms with Gasteiger partial charge >= 0.3 is 0 Å². The fraction of sp³-hybridized carbons (Fsp3) is 0.185. The molecule has 170 valence electrons. The van der Waals surface area contributed by atoms with E-state index in [2.05, 4.69) is 12.2 Å². The van der Waals surface area contributed by atoms with E-state index in [1.165, 1.54) is 11.8 Å². The van der Waals surface area contributed by atoms with Gasteiger partial charge in [0, 0.05) is 17.7 Å². The molecule has 0 unspecified atom stereocenters. The number of carbonyl (C=O) groups excluding carboxylic acids is 2. The van der Waals surface area contributed by atoms with Gasteiger partial charge in [-0.05, 0) is 35.7 Å². The highest BCUT2D eigenvalue weighted by molar-refractivity contribution is 8.14. The number of fused-ring (bicyclic) bond motifs is 3. The molecule has 0 fully saturated rings. The molecule has 3 aromatic carbocycles. The quantitative estimate of drug-likeness (QED) is 0.564. The second kappa shape index (κ2) is 9.65. The fourth-order valence-corrected chi connectivity index (χ4v) is 4.94. The van der Waals surface area contributed by atoms with Crippen LogP contribution in [0.15, 0.2) is 88.8 Å². The molecule has 2 heterocycles. The molecule has 0 bridgehead atoms. The number of thioether (sulfide) groups is 1. The molecule has 2 aliphatic heterocycles. The molecule has 7 heteroatoms. The highest BCUT2D eigenvalue weighted by atomic mass is 32.2. The number of anilines is 1. The van der Waals surface area contributed by atoms with Gasteiger partial charge < -0.3 is 5.32 Å². The normalized spacial score (nSPS) is 16.4. The third-order valence-electron chi connectivity index (χ3n) is 5.82. The molecule has 1 atom stereocenters. The first-order valence-electron chi connectivity index (χ1n) is 11.3. The number of nitrogens with one attached hydrogen (secondary N) is 1. The van der Waals surface area contributed by atoms with Crippen LogP contribution >= 0.6 is 11.8 Å². The monoisotopic (exact) mass is 468 g/mol. The molecule has 0 aliphatic carbocycles. The number of hydrogen-bond acceptors (Lipinski definition) is 5. The highest BCUT2D eigenvalue weighted by Crippen LogP contribution is 2.34. The Hall–Kier alpha value is -3.71. The topological polar surface area (TPSA) is 74.1 Å². The molecule has 2 aliphatic rings. The van der Waals surface area contributed by atoms with Crippen LogP contribution in [0, 0.1) is 0 Å². The van der Waals surface area contributed by atoms with E-state index in [0.29, 0.717) is 17.4 Å². The van der Waals surface area contributed by atoms with Crippen LogP contribution in [0.3, 0.4) is 0 Å². The van der Waals surface area contributed by atoms with Gasteiger partial charge in [-0.2, -0.15) is 0 Å². The smallest absolute Gasteiger partial charge is 0.259 e. The van der Waals surface area contributed by atoms with Gasteiger partial charge in [-0.1, -0.05) is 79.3 Å². The van der Waals surface area contributed by atoms with Crippen molar-refractivity contribution < 1.29 is 9.59 Å². The molecular formula is C27H24N4O2S. The van der Waals surface area contributed by atoms with Gasteiger partial charge in [0.25, 0.3) is 5.91 Å². The van der Waals surface area contributed by atoms with Crippen LogP contribution < -0.4 is 5.32 Å². The summed E-state index contributed by atoms with van der Waals surface area (Å²) in [5, 5.41) is 3.47. The second-order valence-electron chi connectivity index (χ2n) is 8.09. The summed E-state index contributed by atoms with van der Waals surface area (Å²) in [6.45, 7) is 2.06. The number of amides is 2. The van der Waals surface area contributed by atoms with E-state index < -0.39 is 6.04 Å². The average molecular weight is 469 g/mol. The average Bonchev–Trinajstić information content (AvgIpc) is 3.19. The number of amidine groups is 2. The molecule has 0 radical (unpaired) electrons. The molecule has 2 amide bonds. The van der Waals surface area contributed by atoms with Crippen LogP contribution in [0.25, 0.3) is 0 Å². The van der Waals surface area contributed by atoms with Crippen molar-refractivity contribution in [1.29, 1.82) is 0 Å². The highest BCUT2D eigenvalue weighted by Gasteiger charge is 2.41. The number of nitrogens with zero attached hydrogens (tertiary/aromatic N) is 3. The number of para-hydroxylation sites is 2. The maximum absolute atomic E-state index is 13.4. The Morgan fingerprint density at radius 2 is 1.74 bits per heavy atom. The van der Waals surface area contributed by atoms with Crippen LogP contribution in [0.4, 0.5) is 11.4 Å². The molecule has 3 aromatic rings. The van der Waals surface area contributed by atoms with Crippen molar-refractivity contribution in [3.05, 3.63) is 95.6 Å². The van der Waals surface area contributed by atoms with Crippen LogP contribution in [-0.2, 0) is 22.4 Å². The van der Waals surface area contributed by atoms with Crippen LogP contribution in [-0.4, -0.2) is 39.5 Å². The van der Waals surface area contributed by atoms with Gasteiger partial charge in [-0.3, -0.25) is 14.6 Å². The maximum atomic E-state index is 13.4. The predicted molar refractivity (Wildman–Crippen MR) is 138 cm³/mol. The van der Waals surface area contributed by atoms with Gasteiger partial charge in [-0.25, -0.2) is 9.89 Å². The summed E-state index contributed by atoms with van der Waals surface area (Å²) in [4.78, 5) is 37.2. The standard InChI is InChI=1S/C27H24N4O2S/c1-2-19-12-6-8-14-21(19)28-24(32)17-34-27-30-22-15-9-7-13-20(22)25-29-23(26(33)31(25)27)16-18-10-4-3-5-11-18/h3-15,23H,2,16-17H2,1H3,(H,28,32)/t23-/m1/s1. The Kier molecular flexibility index (Phi) is 6.27. The summed E-state index contributed by atoms with van der Waals surface area (Å²) in [5.74, 6) is 0.491. The SMILES string of the molecule is CCc1ccccc1NC(=O)CSC1=Nc2ccccc2C2=N[C@H](Cc3ccccc3)C(=O)N12. The van der Waals surface area contributed by atoms with Crippen molar-refractivity contribution in [1.82, 2.24) is 4.90 Å². The molecule has 1 N–H and O–H groups in total. The van der Waals surface area contributed by atoms with Crippen molar-refractivity contribution in [3.63, 3.8) is 0 Å². The zero-order valence-electron chi connectivity index (χ0n) is 18.8. The molecule has 0 spiro atoms. The number of carbonyl (C=O) groups is 2. The molecule has 0 aromatic heterocycles. The van der Waals surface area contributed by atoms with Crippen molar-refractivity contribution in [2.45, 2.75) is 25.8 Å². The molecular weight excluding hydrogens is 444 g/mol. The zero-order valence-corrected chi connectivity index (χ0v) is 19.6. The van der Waals surface area contributed by atoms with E-state index in [9.17, 15) is 9.59 Å². The number of aliphatic imine (C=N–C) groups is 2. The van der Waals surface area contributed by atoms with Crippen molar-refractivity contribution >= 4 is 46.0 Å². The van der Waals surface area contributed by atoms with Crippen molar-refractivity contribution in [2.75, 3.05) is 11.1 Å². The number of hydrogen-bond donors (Lipinski definition) is 1. The van der Waals surface area contributed by atoms with Crippen LogP contribution in [0.5, 0.6) is 0 Å². The van der Waals surface area contributed by atoms with Crippen LogP contribution in [0.2, 0.25) is 0 Å². The summed E-state index contributed by atoms with van der Waals surface area (Å²) < 4.78 is 0. The minimum atomic E-state index is -0.514. The van der Waals surface area contributed by atoms with Gasteiger partial charge in [-0.15, -0.1) is 0 Å². The summed E-state index contributed by atoms with van der Waals surface area (Å²) >= 11 is 1.25. The molecule has 0 saturated carbocycles. The van der Waals surface area contributed by atoms with Gasteiger partial charge in [0.1, 0.15) is 11.9 Å². The number of benzene rings is 3. The van der Waals surface area contributed by atoms with E-state index in [1.54, 1.807) is 4.90 Å². The minimum Gasteiger partial charge on any atom is -0.325 e. The van der Waals surface area contributed by atoms with E-state index in [0.717, 1.165) is 34.5 Å². The minimum absolute atomic E-state index is 0.114. The predicted octanol–water partition coefficient (Wildman–Crippen LogP) is 4.82. The third kappa shape index (κ3) is 4.39. The summed E-state index contributed by atoms with van der Waals surface area (Å²) in [6, 6.07) is 24.8. The lowest BCUT2D eigenvalue weighted by Gasteiger charge is -2.25. The lowest BCUT2D eigenvalue weighted by Crippen LogP contribution is -2.41. The maximum Gasteiger partial charge on any atom is 0.259 e. The van der Waals surface area contributed by atoms with E-state index in [-0.39, 0.29) is 17.6 Å². The van der Waals surface area contributed by atoms with E-state index in [1.807, 2.05) is 78.9 Å². The van der Waals surface area contributed by atoms with Crippen molar-refractivity contribution in [3.8, 4) is 0 Å². The summed E-state index contributed by atoms with van der Waals surface area (Å²) in [7, 11) is 0. The Morgan fingerprint density at radius 1 is 1.00 bits per heavy atom. The second-order valence-corrected chi connectivity index (χ2v) is 9.03. The lowest BCUT2D eigenvalue weighted by molar-refractivity contribution is -0.124. The largest absolute Gasteiger partial charge is 0.325 e. The first kappa shape index (κ1) is 22.1. The fourth-order valence-electron chi connectivity index (χ4n) is 4.14. The van der Waals surface area contributed by atoms with Crippen molar-refractivity contribution in [2.24, 2.45) is 9.98 Å². The molecule has 5 rings (SSSR count). The first-order chi connectivity index (χ1) is 16.6. The number of aryl methyl sites for hydroxylation is 1. The molecule has 34 heavy (non-hydrogen) atoms. The van der Waals surface area contributed by atoms with Gasteiger partial charge in [0.05, 0.1) is 11.4 Å².